The first kappa shape index (κ1) is 40.4. The highest BCUT2D eigenvalue weighted by atomic mass is 35.5. The van der Waals surface area contributed by atoms with Gasteiger partial charge in [0.25, 0.3) is 0 Å². The zero-order chi connectivity index (χ0) is 39.5. The van der Waals surface area contributed by atoms with E-state index in [2.05, 4.69) is 20.9 Å². The predicted octanol–water partition coefficient (Wildman–Crippen LogP) is 3.69. The van der Waals surface area contributed by atoms with Gasteiger partial charge in [-0.15, -0.1) is 11.6 Å². The summed E-state index contributed by atoms with van der Waals surface area (Å²) in [6.45, 7) is 0.163. The summed E-state index contributed by atoms with van der Waals surface area (Å²) in [7, 11) is 1.58. The number of halogens is 2. The van der Waals surface area contributed by atoms with Crippen molar-refractivity contribution in [3.63, 3.8) is 0 Å². The molecule has 0 bridgehead atoms. The van der Waals surface area contributed by atoms with E-state index in [0.29, 0.717) is 29.7 Å². The lowest BCUT2D eigenvalue weighted by Gasteiger charge is -2.37. The van der Waals surface area contributed by atoms with Crippen LogP contribution in [0, 0.1) is 5.82 Å². The van der Waals surface area contributed by atoms with Gasteiger partial charge >= 0.3 is 5.97 Å². The highest BCUT2D eigenvalue weighted by Gasteiger charge is 2.38. The number of nitrogens with zero attached hydrogens (tertiary/aromatic N) is 2. The van der Waals surface area contributed by atoms with Gasteiger partial charge in [-0.2, -0.15) is 0 Å². The number of aliphatic carboxylic acids is 1. The van der Waals surface area contributed by atoms with E-state index < -0.39 is 77.8 Å². The lowest BCUT2D eigenvalue weighted by Crippen LogP contribution is -2.61. The van der Waals surface area contributed by atoms with E-state index in [1.807, 2.05) is 30.3 Å². The maximum absolute atomic E-state index is 14.4. The number of carbonyl (C=O) groups is 6. The minimum Gasteiger partial charge on any atom is -0.481 e. The van der Waals surface area contributed by atoms with Gasteiger partial charge in [0.05, 0.1) is 0 Å². The Morgan fingerprint density at radius 2 is 1.60 bits per heavy atom. The molecule has 3 aromatic carbocycles. The zero-order valence-electron chi connectivity index (χ0n) is 30.3. The van der Waals surface area contributed by atoms with Crippen LogP contribution in [0.1, 0.15) is 43.2 Å². The molecule has 1 aromatic heterocycles. The number of aromatic nitrogens is 1. The number of piperidine rings is 1. The Morgan fingerprint density at radius 1 is 0.891 bits per heavy atom. The SMILES string of the molecule is CN(C(=O)C(Cc1ccc(F)cc1)NC(=O)C(Cc1c[nH]c2ccccc12)NC(=O)[C@@H]1CCCCN1C(=O)C(CCC(=O)O)NC(=O)CCl)c1ccccc1. The summed E-state index contributed by atoms with van der Waals surface area (Å²) in [6, 6.07) is 17.3. The molecule has 290 valence electrons. The Labute approximate surface area is 322 Å². The molecule has 0 saturated carbocycles. The lowest BCUT2D eigenvalue weighted by atomic mass is 9.97. The number of carbonyl (C=O) groups excluding carboxylic acids is 5. The minimum absolute atomic E-state index is 0.0151. The first-order valence-electron chi connectivity index (χ1n) is 18.1. The third-order valence-electron chi connectivity index (χ3n) is 9.66. The van der Waals surface area contributed by atoms with Gasteiger partial charge in [-0.25, -0.2) is 4.39 Å². The van der Waals surface area contributed by atoms with E-state index in [4.69, 9.17) is 11.6 Å². The first-order valence-corrected chi connectivity index (χ1v) is 18.6. The van der Waals surface area contributed by atoms with E-state index in [1.54, 1.807) is 37.5 Å². The molecule has 0 spiro atoms. The van der Waals surface area contributed by atoms with Crippen molar-refractivity contribution in [2.75, 3.05) is 24.4 Å². The highest BCUT2D eigenvalue weighted by Crippen LogP contribution is 2.23. The number of amides is 5. The summed E-state index contributed by atoms with van der Waals surface area (Å²) in [6.07, 6.45) is 2.56. The minimum atomic E-state index is -1.24. The smallest absolute Gasteiger partial charge is 0.303 e. The molecule has 55 heavy (non-hydrogen) atoms. The average molecular weight is 775 g/mol. The number of fused-ring (bicyclic) bond motifs is 1. The van der Waals surface area contributed by atoms with Crippen LogP contribution in [-0.4, -0.2) is 94.1 Å². The molecule has 4 aromatic rings. The second-order valence-corrected chi connectivity index (χ2v) is 13.7. The van der Waals surface area contributed by atoms with Crippen molar-refractivity contribution < 1.29 is 38.3 Å². The number of likely N-dealkylation sites (N-methyl/N-ethyl adjacent to an activating group) is 1. The maximum atomic E-state index is 14.4. The lowest BCUT2D eigenvalue weighted by molar-refractivity contribution is -0.146. The number of anilines is 1. The quantitative estimate of drug-likeness (QED) is 0.108. The molecular weight excluding hydrogens is 731 g/mol. The van der Waals surface area contributed by atoms with Crippen LogP contribution >= 0.6 is 11.6 Å². The zero-order valence-corrected chi connectivity index (χ0v) is 31.1. The largest absolute Gasteiger partial charge is 0.481 e. The van der Waals surface area contributed by atoms with E-state index in [0.717, 1.165) is 10.9 Å². The number of benzene rings is 3. The Morgan fingerprint density at radius 3 is 2.31 bits per heavy atom. The van der Waals surface area contributed by atoms with Gasteiger partial charge in [-0.05, 0) is 67.1 Å². The summed E-state index contributed by atoms with van der Waals surface area (Å²) < 4.78 is 13.8. The van der Waals surface area contributed by atoms with Gasteiger partial charge in [-0.1, -0.05) is 48.5 Å². The van der Waals surface area contributed by atoms with Crippen LogP contribution in [0.25, 0.3) is 10.9 Å². The van der Waals surface area contributed by atoms with Gasteiger partial charge in [0.15, 0.2) is 0 Å². The van der Waals surface area contributed by atoms with Gasteiger partial charge in [-0.3, -0.25) is 28.8 Å². The Hall–Kier alpha value is -5.76. The van der Waals surface area contributed by atoms with Crippen LogP contribution in [0.4, 0.5) is 10.1 Å². The topological polar surface area (TPSA) is 181 Å². The normalized spacial score (nSPS) is 15.7. The molecule has 5 amide bonds. The van der Waals surface area contributed by atoms with Crippen molar-refractivity contribution in [2.24, 2.45) is 0 Å². The molecule has 0 radical (unpaired) electrons. The Balaban J connectivity index is 1.44. The number of carboxylic acids is 1. The number of hydrogen-bond donors (Lipinski definition) is 5. The molecule has 3 unspecified atom stereocenters. The number of rotatable bonds is 16. The number of alkyl halides is 1. The van der Waals surface area contributed by atoms with E-state index in [-0.39, 0.29) is 32.2 Å². The van der Waals surface area contributed by atoms with E-state index in [9.17, 15) is 38.3 Å². The third-order valence-corrected chi connectivity index (χ3v) is 9.91. The number of carboxylic acid groups (broad SMARTS) is 1. The maximum Gasteiger partial charge on any atom is 0.303 e. The molecule has 1 fully saturated rings. The average Bonchev–Trinajstić information content (AvgIpc) is 3.61. The molecule has 1 saturated heterocycles. The number of aromatic amines is 1. The van der Waals surface area contributed by atoms with Crippen LogP contribution in [0.2, 0.25) is 0 Å². The Bertz CT molecular complexity index is 1990. The van der Waals surface area contributed by atoms with Crippen molar-refractivity contribution in [1.29, 1.82) is 0 Å². The summed E-state index contributed by atoms with van der Waals surface area (Å²) in [5, 5.41) is 18.3. The van der Waals surface area contributed by atoms with Crippen LogP contribution < -0.4 is 20.9 Å². The Kier molecular flexibility index (Phi) is 14.0. The van der Waals surface area contributed by atoms with Gasteiger partial charge in [0, 0.05) is 55.6 Å². The summed E-state index contributed by atoms with van der Waals surface area (Å²) >= 11 is 5.67. The first-order chi connectivity index (χ1) is 26.4. The number of likely N-dealkylation sites (tertiary alicyclic amines) is 1. The van der Waals surface area contributed by atoms with Crippen molar-refractivity contribution in [2.45, 2.75) is 69.1 Å². The second-order valence-electron chi connectivity index (χ2n) is 13.5. The molecule has 13 nitrogen and oxygen atoms in total. The summed E-state index contributed by atoms with van der Waals surface area (Å²) in [5.74, 6) is -5.10. The highest BCUT2D eigenvalue weighted by molar-refractivity contribution is 6.27. The molecule has 2 heterocycles. The molecule has 4 atom stereocenters. The number of para-hydroxylation sites is 2. The molecule has 5 N–H and O–H groups in total. The molecular formula is C40H44ClFN6O7. The second kappa shape index (κ2) is 19.0. The van der Waals surface area contributed by atoms with Gasteiger partial charge in [0.1, 0.15) is 35.9 Å². The molecule has 15 heteroatoms. The predicted molar refractivity (Wildman–Crippen MR) is 205 cm³/mol. The number of nitrogens with one attached hydrogen (secondary N) is 4. The summed E-state index contributed by atoms with van der Waals surface area (Å²) in [4.78, 5) is 86.0. The monoisotopic (exact) mass is 774 g/mol. The molecule has 1 aliphatic rings. The van der Waals surface area contributed by atoms with Gasteiger partial charge in [0.2, 0.25) is 29.5 Å². The standard InChI is InChI=1S/C40H44ClFN6O7/c1-47(28-9-3-2-4-10-28)39(54)33(21-25-14-16-27(42)17-15-25)46-37(52)32(22-26-24-43-30-12-6-5-11-29(26)30)45-38(53)34-13-7-8-20-48(34)40(55)31(18-19-36(50)51)44-35(49)23-41/h2-6,9-12,14-17,24,31-34,43H,7-8,13,18-23H2,1H3,(H,44,49)(H,45,53)(H,46,52)(H,50,51)/t31?,32?,33?,34-/m0/s1. The van der Waals surface area contributed by atoms with Crippen LogP contribution in [0.15, 0.2) is 85.1 Å². The van der Waals surface area contributed by atoms with Crippen molar-refractivity contribution in [3.8, 4) is 0 Å². The molecule has 0 aliphatic carbocycles. The molecule has 1 aliphatic heterocycles. The van der Waals surface area contributed by atoms with Crippen molar-refractivity contribution >= 4 is 63.7 Å². The van der Waals surface area contributed by atoms with E-state index >= 15 is 0 Å². The van der Waals surface area contributed by atoms with E-state index in [1.165, 1.54) is 34.1 Å². The number of hydrogen-bond acceptors (Lipinski definition) is 6. The van der Waals surface area contributed by atoms with Crippen LogP contribution in [0.5, 0.6) is 0 Å². The fourth-order valence-electron chi connectivity index (χ4n) is 6.76. The fourth-order valence-corrected chi connectivity index (χ4v) is 6.84. The number of H-pyrrole nitrogens is 1. The van der Waals surface area contributed by atoms with Crippen molar-refractivity contribution in [3.05, 3.63) is 102 Å². The van der Waals surface area contributed by atoms with Crippen LogP contribution in [-0.2, 0) is 41.6 Å². The molecule has 5 rings (SSSR count). The van der Waals surface area contributed by atoms with Gasteiger partial charge < -0.3 is 35.8 Å². The fraction of sp³-hybridized carbons (Fsp3) is 0.350. The van der Waals surface area contributed by atoms with Crippen molar-refractivity contribution in [1.82, 2.24) is 25.8 Å². The van der Waals surface area contributed by atoms with Crippen LogP contribution in [0.3, 0.4) is 0 Å². The third kappa shape index (κ3) is 10.7. The summed E-state index contributed by atoms with van der Waals surface area (Å²) in [5.41, 5.74) is 2.70.